The molecule has 0 rings (SSSR count). The van der Waals surface area contributed by atoms with Crippen molar-refractivity contribution in [3.05, 3.63) is 0 Å². The van der Waals surface area contributed by atoms with Crippen LogP contribution in [0.5, 0.6) is 0 Å². The molecule has 0 fully saturated rings. The van der Waals surface area contributed by atoms with E-state index in [0.717, 1.165) is 0 Å². The molecule has 0 radical (unpaired) electrons. The van der Waals surface area contributed by atoms with E-state index in [0.29, 0.717) is 6.61 Å². The van der Waals surface area contributed by atoms with Crippen LogP contribution in [0.3, 0.4) is 0 Å². The fourth-order valence-corrected chi connectivity index (χ4v) is 0.191. The van der Waals surface area contributed by atoms with Crippen LogP contribution >= 0.6 is 0 Å². The Morgan fingerprint density at radius 1 is 1.78 bits per heavy atom. The molecule has 6 heteroatoms. The predicted molar refractivity (Wildman–Crippen MR) is 30.6 cm³/mol. The van der Waals surface area contributed by atoms with Crippen LogP contribution in [0.1, 0.15) is 6.92 Å². The first kappa shape index (κ1) is 8.15. The van der Waals surface area contributed by atoms with Crippen molar-refractivity contribution in [3.8, 4) is 0 Å². The van der Waals surface area contributed by atoms with Crippen LogP contribution in [0.2, 0.25) is 0 Å². The van der Waals surface area contributed by atoms with Crippen LogP contribution in [0, 0.1) is 0 Å². The molecule has 0 saturated heterocycles. The monoisotopic (exact) mass is 134 g/mol. The van der Waals surface area contributed by atoms with Gasteiger partial charge < -0.3 is 0 Å². The molecule has 0 aromatic heterocycles. The molecule has 0 aliphatic carbocycles. The number of hydrazine groups is 2. The minimum Gasteiger partial charge on any atom is -0.283 e. The Hall–Kier alpha value is -0.850. The van der Waals surface area contributed by atoms with Gasteiger partial charge in [0.1, 0.15) is 0 Å². The molecule has 0 unspecified atom stereocenters. The Bertz CT molecular complexity index is 85.9. The average molecular weight is 134 g/mol. The third kappa shape index (κ3) is 5.01. The summed E-state index contributed by atoms with van der Waals surface area (Å²) in [5.41, 5.74) is 6.06. The molecular formula is C3H10N4O2. The Morgan fingerprint density at radius 2 is 2.44 bits per heavy atom. The highest BCUT2D eigenvalue weighted by Gasteiger charge is 1.90. The highest BCUT2D eigenvalue weighted by Crippen LogP contribution is 1.58. The number of carbonyl (C=O) groups excluding carboxylic acids is 1. The van der Waals surface area contributed by atoms with Gasteiger partial charge in [0.05, 0.1) is 6.61 Å². The maximum absolute atomic E-state index is 10.2. The molecule has 6 nitrogen and oxygen atoms in total. The Balaban J connectivity index is 2.97. The summed E-state index contributed by atoms with van der Waals surface area (Å²) in [6.45, 7) is 2.24. The lowest BCUT2D eigenvalue weighted by Crippen LogP contribution is -2.46. The van der Waals surface area contributed by atoms with E-state index < -0.39 is 6.03 Å². The van der Waals surface area contributed by atoms with Gasteiger partial charge in [-0.2, -0.15) is 0 Å². The number of hydrogen-bond donors (Lipinski definition) is 4. The lowest BCUT2D eigenvalue weighted by molar-refractivity contribution is 0.0279. The average Bonchev–Trinajstić information content (AvgIpc) is 1.89. The summed E-state index contributed by atoms with van der Waals surface area (Å²) >= 11 is 0. The van der Waals surface area contributed by atoms with Crippen LogP contribution in [0.15, 0.2) is 0 Å². The Kier molecular flexibility index (Phi) is 4.79. The van der Waals surface area contributed by atoms with Gasteiger partial charge in [0.15, 0.2) is 0 Å². The third-order valence-corrected chi connectivity index (χ3v) is 0.512. The van der Waals surface area contributed by atoms with E-state index in [1.165, 1.54) is 0 Å². The number of nitrogens with two attached hydrogens (primary N) is 1. The molecule has 0 heterocycles. The van der Waals surface area contributed by atoms with E-state index in [2.05, 4.69) is 15.9 Å². The van der Waals surface area contributed by atoms with Gasteiger partial charge >= 0.3 is 6.03 Å². The maximum Gasteiger partial charge on any atom is 0.345 e. The van der Waals surface area contributed by atoms with Crippen molar-refractivity contribution in [2.75, 3.05) is 6.61 Å². The lowest BCUT2D eigenvalue weighted by atomic mass is 10.9. The van der Waals surface area contributed by atoms with E-state index >= 15 is 0 Å². The molecule has 0 aromatic rings. The van der Waals surface area contributed by atoms with Gasteiger partial charge in [0.25, 0.3) is 0 Å². The quantitative estimate of drug-likeness (QED) is 0.166. The molecular weight excluding hydrogens is 124 g/mol. The molecule has 0 atom stereocenters. The molecule has 54 valence electrons. The molecule has 0 saturated carbocycles. The number of amides is 2. The van der Waals surface area contributed by atoms with Gasteiger partial charge in [0.2, 0.25) is 0 Å². The van der Waals surface area contributed by atoms with Gasteiger partial charge in [-0.15, -0.1) is 5.59 Å². The zero-order chi connectivity index (χ0) is 7.11. The molecule has 0 aliphatic rings. The molecule has 0 aromatic carbocycles. The standard InChI is InChI=1S/C3H10N4O2/c1-2-9-7-6-3(8)5-4/h7H,2,4H2,1H3,(H2,5,6,8). The van der Waals surface area contributed by atoms with Gasteiger partial charge in [0, 0.05) is 0 Å². The molecule has 2 amide bonds. The zero-order valence-electron chi connectivity index (χ0n) is 5.10. The first-order chi connectivity index (χ1) is 4.31. The molecule has 0 aliphatic heterocycles. The van der Waals surface area contributed by atoms with Crippen LogP contribution in [0.4, 0.5) is 4.79 Å². The number of nitrogens with one attached hydrogen (secondary N) is 3. The van der Waals surface area contributed by atoms with Gasteiger partial charge in [-0.1, -0.05) is 0 Å². The summed E-state index contributed by atoms with van der Waals surface area (Å²) in [5, 5.41) is 0. The first-order valence-corrected chi connectivity index (χ1v) is 2.44. The number of urea groups is 1. The summed E-state index contributed by atoms with van der Waals surface area (Å²) < 4.78 is 0. The minimum atomic E-state index is -0.552. The third-order valence-electron chi connectivity index (χ3n) is 0.512. The molecule has 5 N–H and O–H groups in total. The SMILES string of the molecule is CCONNC(=O)NN. The van der Waals surface area contributed by atoms with E-state index in [1.54, 1.807) is 6.92 Å². The molecule has 0 spiro atoms. The van der Waals surface area contributed by atoms with E-state index in [4.69, 9.17) is 5.84 Å². The second-order valence-corrected chi connectivity index (χ2v) is 1.13. The fourth-order valence-electron chi connectivity index (χ4n) is 0.191. The van der Waals surface area contributed by atoms with Crippen molar-refractivity contribution in [1.29, 1.82) is 0 Å². The summed E-state index contributed by atoms with van der Waals surface area (Å²) in [7, 11) is 0. The second kappa shape index (κ2) is 5.29. The minimum absolute atomic E-state index is 0.463. The van der Waals surface area contributed by atoms with Crippen LogP contribution in [-0.2, 0) is 4.84 Å². The smallest absolute Gasteiger partial charge is 0.283 e. The van der Waals surface area contributed by atoms with Crippen molar-refractivity contribution < 1.29 is 9.63 Å². The number of carbonyl (C=O) groups is 1. The summed E-state index contributed by atoms with van der Waals surface area (Å²) in [5.74, 6) is 4.70. The highest BCUT2D eigenvalue weighted by molar-refractivity contribution is 5.72. The summed E-state index contributed by atoms with van der Waals surface area (Å²) in [6, 6.07) is -0.552. The van der Waals surface area contributed by atoms with Crippen molar-refractivity contribution in [2.45, 2.75) is 6.92 Å². The molecule has 0 bridgehead atoms. The van der Waals surface area contributed by atoms with E-state index in [-0.39, 0.29) is 0 Å². The lowest BCUT2D eigenvalue weighted by Gasteiger charge is -2.03. The summed E-state index contributed by atoms with van der Waals surface area (Å²) in [6.07, 6.45) is 0. The molecule has 9 heavy (non-hydrogen) atoms. The van der Waals surface area contributed by atoms with Crippen molar-refractivity contribution in [3.63, 3.8) is 0 Å². The van der Waals surface area contributed by atoms with Crippen molar-refractivity contribution in [2.24, 2.45) is 5.84 Å². The number of rotatable bonds is 3. The van der Waals surface area contributed by atoms with Gasteiger partial charge in [-0.05, 0) is 6.92 Å². The Labute approximate surface area is 52.6 Å². The first-order valence-electron chi connectivity index (χ1n) is 2.44. The van der Waals surface area contributed by atoms with Gasteiger partial charge in [-0.3, -0.25) is 10.3 Å². The van der Waals surface area contributed by atoms with Crippen molar-refractivity contribution in [1.82, 2.24) is 16.4 Å². The van der Waals surface area contributed by atoms with Gasteiger partial charge in [-0.25, -0.2) is 16.1 Å². The normalized spacial score (nSPS) is 8.67. The largest absolute Gasteiger partial charge is 0.345 e. The van der Waals surface area contributed by atoms with Crippen molar-refractivity contribution >= 4 is 6.03 Å². The fraction of sp³-hybridized carbons (Fsp3) is 0.667. The highest BCUT2D eigenvalue weighted by atomic mass is 16.7. The van der Waals surface area contributed by atoms with E-state index in [9.17, 15) is 4.79 Å². The van der Waals surface area contributed by atoms with Crippen LogP contribution < -0.4 is 22.3 Å². The topological polar surface area (TPSA) is 88.4 Å². The van der Waals surface area contributed by atoms with E-state index in [1.807, 2.05) is 5.43 Å². The zero-order valence-corrected chi connectivity index (χ0v) is 5.10. The Morgan fingerprint density at radius 3 is 2.89 bits per heavy atom. The predicted octanol–water partition coefficient (Wildman–Crippen LogP) is -1.38. The number of hydrogen-bond acceptors (Lipinski definition) is 4. The van der Waals surface area contributed by atoms with Crippen LogP contribution in [-0.4, -0.2) is 12.6 Å². The maximum atomic E-state index is 10.2. The van der Waals surface area contributed by atoms with Crippen LogP contribution in [0.25, 0.3) is 0 Å². The summed E-state index contributed by atoms with van der Waals surface area (Å²) in [4.78, 5) is 14.7. The second-order valence-electron chi connectivity index (χ2n) is 1.13.